The van der Waals surface area contributed by atoms with E-state index in [0.29, 0.717) is 17.9 Å². The fourth-order valence-electron chi connectivity index (χ4n) is 1.94. The van der Waals surface area contributed by atoms with E-state index in [1.165, 1.54) is 5.56 Å². The number of rotatable bonds is 4. The van der Waals surface area contributed by atoms with Gasteiger partial charge in [-0.05, 0) is 17.9 Å². The minimum Gasteiger partial charge on any atom is -0.338 e. The maximum absolute atomic E-state index is 11.6. The lowest BCUT2D eigenvalue weighted by Crippen LogP contribution is -2.39. The van der Waals surface area contributed by atoms with Gasteiger partial charge in [0.2, 0.25) is 0 Å². The predicted octanol–water partition coefficient (Wildman–Crippen LogP) is 2.50. The fraction of sp³-hybridized carbons (Fsp3) is 0.500. The molecule has 17 heavy (non-hydrogen) atoms. The van der Waals surface area contributed by atoms with E-state index in [1.54, 1.807) is 0 Å². The van der Waals surface area contributed by atoms with Gasteiger partial charge >= 0.3 is 6.03 Å². The SMILES string of the molecule is CC(C)CNC(=O)NC1CC1c1ccccc1. The van der Waals surface area contributed by atoms with Gasteiger partial charge in [0.25, 0.3) is 0 Å². The lowest BCUT2D eigenvalue weighted by molar-refractivity contribution is 0.239. The second kappa shape index (κ2) is 5.21. The van der Waals surface area contributed by atoms with Crippen molar-refractivity contribution in [2.24, 2.45) is 5.92 Å². The third kappa shape index (κ3) is 3.48. The molecule has 0 aromatic heterocycles. The summed E-state index contributed by atoms with van der Waals surface area (Å²) in [5.74, 6) is 0.992. The molecule has 1 fully saturated rings. The first-order valence-electron chi connectivity index (χ1n) is 6.26. The van der Waals surface area contributed by atoms with Gasteiger partial charge in [-0.1, -0.05) is 44.2 Å². The molecule has 1 aromatic rings. The van der Waals surface area contributed by atoms with E-state index < -0.39 is 0 Å². The van der Waals surface area contributed by atoms with Gasteiger partial charge in [0.15, 0.2) is 0 Å². The largest absolute Gasteiger partial charge is 0.338 e. The molecule has 2 rings (SSSR count). The Morgan fingerprint density at radius 2 is 2.06 bits per heavy atom. The van der Waals surface area contributed by atoms with Gasteiger partial charge in [0.05, 0.1) is 0 Å². The van der Waals surface area contributed by atoms with Gasteiger partial charge in [-0.15, -0.1) is 0 Å². The molecule has 0 aliphatic heterocycles. The molecule has 0 heterocycles. The van der Waals surface area contributed by atoms with E-state index in [9.17, 15) is 4.79 Å². The normalized spacial score (nSPS) is 22.3. The molecule has 1 aliphatic rings. The third-order valence-electron chi connectivity index (χ3n) is 3.01. The Kier molecular flexibility index (Phi) is 3.67. The van der Waals surface area contributed by atoms with E-state index in [1.807, 2.05) is 18.2 Å². The van der Waals surface area contributed by atoms with Crippen LogP contribution in [0, 0.1) is 5.92 Å². The van der Waals surface area contributed by atoms with Crippen molar-refractivity contribution in [2.75, 3.05) is 6.54 Å². The molecule has 2 amide bonds. The Balaban J connectivity index is 1.75. The molecular formula is C14H20N2O. The Morgan fingerprint density at radius 3 is 2.71 bits per heavy atom. The van der Waals surface area contributed by atoms with Crippen LogP contribution >= 0.6 is 0 Å². The third-order valence-corrected chi connectivity index (χ3v) is 3.01. The Bertz CT molecular complexity index is 375. The number of nitrogens with one attached hydrogen (secondary N) is 2. The van der Waals surface area contributed by atoms with E-state index >= 15 is 0 Å². The minimum absolute atomic E-state index is 0.0397. The number of amides is 2. The second-order valence-electron chi connectivity index (χ2n) is 5.11. The number of urea groups is 1. The zero-order chi connectivity index (χ0) is 12.3. The zero-order valence-electron chi connectivity index (χ0n) is 10.4. The van der Waals surface area contributed by atoms with Gasteiger partial charge in [0.1, 0.15) is 0 Å². The standard InChI is InChI=1S/C14H20N2O/c1-10(2)9-15-14(17)16-13-8-12(13)11-6-4-3-5-7-11/h3-7,10,12-13H,8-9H2,1-2H3,(H2,15,16,17). The molecule has 0 bridgehead atoms. The van der Waals surface area contributed by atoms with E-state index in [4.69, 9.17) is 0 Å². The van der Waals surface area contributed by atoms with Crippen LogP contribution in [0.1, 0.15) is 31.7 Å². The topological polar surface area (TPSA) is 41.1 Å². The zero-order valence-corrected chi connectivity index (χ0v) is 10.4. The summed E-state index contributed by atoms with van der Waals surface area (Å²) in [6.45, 7) is 4.91. The smallest absolute Gasteiger partial charge is 0.315 e. The summed E-state index contributed by atoms with van der Waals surface area (Å²) >= 11 is 0. The van der Waals surface area contributed by atoms with Crippen LogP contribution in [0.3, 0.4) is 0 Å². The van der Waals surface area contributed by atoms with Crippen LogP contribution in [-0.4, -0.2) is 18.6 Å². The van der Waals surface area contributed by atoms with Crippen LogP contribution < -0.4 is 10.6 Å². The number of hydrogen-bond donors (Lipinski definition) is 2. The van der Waals surface area contributed by atoms with Crippen LogP contribution in [0.4, 0.5) is 4.79 Å². The summed E-state index contributed by atoms with van der Waals surface area (Å²) in [6.07, 6.45) is 1.05. The molecule has 3 nitrogen and oxygen atoms in total. The predicted molar refractivity (Wildman–Crippen MR) is 69.0 cm³/mol. The Labute approximate surface area is 103 Å². The van der Waals surface area contributed by atoms with Crippen LogP contribution in [0.5, 0.6) is 0 Å². The highest BCUT2D eigenvalue weighted by Gasteiger charge is 2.39. The van der Waals surface area contributed by atoms with Gasteiger partial charge in [-0.2, -0.15) is 0 Å². The van der Waals surface area contributed by atoms with Crippen molar-refractivity contribution in [3.05, 3.63) is 35.9 Å². The summed E-state index contributed by atoms with van der Waals surface area (Å²) < 4.78 is 0. The molecule has 2 atom stereocenters. The minimum atomic E-state index is -0.0397. The first-order valence-corrected chi connectivity index (χ1v) is 6.26. The maximum Gasteiger partial charge on any atom is 0.315 e. The molecule has 3 heteroatoms. The monoisotopic (exact) mass is 232 g/mol. The summed E-state index contributed by atoms with van der Waals surface area (Å²) in [5.41, 5.74) is 1.32. The molecule has 0 radical (unpaired) electrons. The first-order chi connectivity index (χ1) is 8.16. The number of carbonyl (C=O) groups excluding carboxylic acids is 1. The average molecular weight is 232 g/mol. The quantitative estimate of drug-likeness (QED) is 0.822. The van der Waals surface area contributed by atoms with Crippen molar-refractivity contribution in [1.82, 2.24) is 10.6 Å². The van der Waals surface area contributed by atoms with Crippen LogP contribution in [-0.2, 0) is 0 Å². The molecule has 1 aliphatic carbocycles. The molecule has 92 valence electrons. The average Bonchev–Trinajstić information content (AvgIpc) is 3.07. The Morgan fingerprint density at radius 1 is 1.35 bits per heavy atom. The van der Waals surface area contributed by atoms with E-state index in [2.05, 4.69) is 36.6 Å². The second-order valence-corrected chi connectivity index (χ2v) is 5.11. The molecular weight excluding hydrogens is 212 g/mol. The van der Waals surface area contributed by atoms with Gasteiger partial charge in [0, 0.05) is 18.5 Å². The van der Waals surface area contributed by atoms with Gasteiger partial charge < -0.3 is 10.6 Å². The number of hydrogen-bond acceptors (Lipinski definition) is 1. The Hall–Kier alpha value is -1.51. The van der Waals surface area contributed by atoms with E-state index in [0.717, 1.165) is 13.0 Å². The van der Waals surface area contributed by atoms with Crippen molar-refractivity contribution in [3.63, 3.8) is 0 Å². The summed E-state index contributed by atoms with van der Waals surface area (Å²) in [4.78, 5) is 11.6. The fourth-order valence-corrected chi connectivity index (χ4v) is 1.94. The van der Waals surface area contributed by atoms with Gasteiger partial charge in [-0.3, -0.25) is 0 Å². The number of carbonyl (C=O) groups is 1. The lowest BCUT2D eigenvalue weighted by atomic mass is 10.1. The van der Waals surface area contributed by atoms with Crippen molar-refractivity contribution < 1.29 is 4.79 Å². The van der Waals surface area contributed by atoms with Gasteiger partial charge in [-0.25, -0.2) is 4.79 Å². The molecule has 1 aromatic carbocycles. The highest BCUT2D eigenvalue weighted by Crippen LogP contribution is 2.40. The highest BCUT2D eigenvalue weighted by atomic mass is 16.2. The molecule has 1 saturated carbocycles. The van der Waals surface area contributed by atoms with Crippen LogP contribution in [0.25, 0.3) is 0 Å². The number of benzene rings is 1. The van der Waals surface area contributed by atoms with Crippen LogP contribution in [0.15, 0.2) is 30.3 Å². The molecule has 0 spiro atoms. The lowest BCUT2D eigenvalue weighted by Gasteiger charge is -2.09. The van der Waals surface area contributed by atoms with Crippen molar-refractivity contribution >= 4 is 6.03 Å². The van der Waals surface area contributed by atoms with E-state index in [-0.39, 0.29) is 6.03 Å². The summed E-state index contributed by atoms with van der Waals surface area (Å²) in [7, 11) is 0. The van der Waals surface area contributed by atoms with Crippen molar-refractivity contribution in [1.29, 1.82) is 0 Å². The summed E-state index contributed by atoms with van der Waals surface area (Å²) in [5, 5.41) is 5.88. The highest BCUT2D eigenvalue weighted by molar-refractivity contribution is 5.74. The molecule has 0 saturated heterocycles. The van der Waals surface area contributed by atoms with Crippen molar-refractivity contribution in [2.45, 2.75) is 32.2 Å². The molecule has 2 unspecified atom stereocenters. The maximum atomic E-state index is 11.6. The first kappa shape index (κ1) is 12.0. The van der Waals surface area contributed by atoms with Crippen LogP contribution in [0.2, 0.25) is 0 Å². The summed E-state index contributed by atoms with van der Waals surface area (Å²) in [6, 6.07) is 10.6. The van der Waals surface area contributed by atoms with Crippen molar-refractivity contribution in [3.8, 4) is 0 Å². The molecule has 2 N–H and O–H groups in total.